The van der Waals surface area contributed by atoms with E-state index in [1.165, 1.54) is 25.7 Å². The Labute approximate surface area is 92.5 Å². The lowest BCUT2D eigenvalue weighted by Gasteiger charge is -2.24. The van der Waals surface area contributed by atoms with E-state index in [1.807, 2.05) is 4.90 Å². The number of hydrogen-bond donors (Lipinski definition) is 1. The lowest BCUT2D eigenvalue weighted by molar-refractivity contribution is -0.129. The molecule has 0 aromatic carbocycles. The van der Waals surface area contributed by atoms with Crippen molar-refractivity contribution in [3.8, 4) is 0 Å². The third-order valence-corrected chi connectivity index (χ3v) is 3.15. The molecule has 88 valence electrons. The van der Waals surface area contributed by atoms with E-state index in [4.69, 9.17) is 0 Å². The molecule has 0 aromatic rings. The summed E-state index contributed by atoms with van der Waals surface area (Å²) in [7, 11) is 0. The lowest BCUT2D eigenvalue weighted by atomic mass is 10.1. The summed E-state index contributed by atoms with van der Waals surface area (Å²) in [4.78, 5) is 13.3. The summed E-state index contributed by atoms with van der Waals surface area (Å²) in [6.07, 6.45) is 5.92. The first kappa shape index (κ1) is 12.5. The Kier molecular flexibility index (Phi) is 5.09. The molecule has 2 atom stereocenters. The normalized spacial score (nSPS) is 23.5. The van der Waals surface area contributed by atoms with Crippen LogP contribution in [0.15, 0.2) is 0 Å². The number of unbranched alkanes of at least 4 members (excludes halogenated alkanes) is 3. The predicted molar refractivity (Wildman–Crippen MR) is 60.6 cm³/mol. The van der Waals surface area contributed by atoms with Gasteiger partial charge in [0.1, 0.15) is 0 Å². The second kappa shape index (κ2) is 6.11. The first-order chi connectivity index (χ1) is 7.15. The van der Waals surface area contributed by atoms with Gasteiger partial charge in [-0.25, -0.2) is 0 Å². The van der Waals surface area contributed by atoms with Crippen LogP contribution in [0.3, 0.4) is 0 Å². The summed E-state index contributed by atoms with van der Waals surface area (Å²) in [6, 6.07) is 0.298. The molecule has 0 spiro atoms. The number of aliphatic hydroxyl groups is 1. The highest BCUT2D eigenvalue weighted by Crippen LogP contribution is 2.18. The maximum Gasteiger partial charge on any atom is 0.225 e. The van der Waals surface area contributed by atoms with Crippen LogP contribution in [0.2, 0.25) is 0 Å². The van der Waals surface area contributed by atoms with Crippen molar-refractivity contribution in [2.75, 3.05) is 6.54 Å². The van der Waals surface area contributed by atoms with E-state index in [2.05, 4.69) is 13.8 Å². The standard InChI is InChI=1S/C12H23NO2/c1-3-4-5-6-7-10(2)13-9-11(14)8-12(13)15/h10-11,14H,3-9H2,1-2H3. The first-order valence-electron chi connectivity index (χ1n) is 6.12. The van der Waals surface area contributed by atoms with Gasteiger partial charge in [-0.3, -0.25) is 4.79 Å². The number of nitrogens with zero attached hydrogens (tertiary/aromatic N) is 1. The van der Waals surface area contributed by atoms with E-state index in [0.717, 1.165) is 6.42 Å². The Balaban J connectivity index is 2.21. The Hall–Kier alpha value is -0.570. The van der Waals surface area contributed by atoms with Crippen molar-refractivity contribution in [1.82, 2.24) is 4.90 Å². The molecule has 2 unspecified atom stereocenters. The quantitative estimate of drug-likeness (QED) is 0.685. The van der Waals surface area contributed by atoms with E-state index in [1.54, 1.807) is 0 Å². The number of hydrogen-bond acceptors (Lipinski definition) is 2. The molecule has 1 heterocycles. The highest BCUT2D eigenvalue weighted by Gasteiger charge is 2.30. The lowest BCUT2D eigenvalue weighted by Crippen LogP contribution is -2.34. The minimum absolute atomic E-state index is 0.116. The van der Waals surface area contributed by atoms with Crippen LogP contribution >= 0.6 is 0 Å². The van der Waals surface area contributed by atoms with Gasteiger partial charge in [-0.15, -0.1) is 0 Å². The monoisotopic (exact) mass is 213 g/mol. The first-order valence-corrected chi connectivity index (χ1v) is 6.12. The largest absolute Gasteiger partial charge is 0.391 e. The van der Waals surface area contributed by atoms with Crippen LogP contribution in [0, 0.1) is 0 Å². The molecule has 1 amide bonds. The van der Waals surface area contributed by atoms with Crippen molar-refractivity contribution in [2.24, 2.45) is 0 Å². The summed E-state index contributed by atoms with van der Waals surface area (Å²) in [5.74, 6) is 0.116. The predicted octanol–water partition coefficient (Wildman–Crippen LogP) is 1.94. The van der Waals surface area contributed by atoms with Gasteiger partial charge in [0.15, 0.2) is 0 Å². The fourth-order valence-electron chi connectivity index (χ4n) is 2.16. The maximum atomic E-state index is 11.5. The summed E-state index contributed by atoms with van der Waals surface area (Å²) in [5.41, 5.74) is 0. The Morgan fingerprint density at radius 2 is 2.20 bits per heavy atom. The van der Waals surface area contributed by atoms with Crippen LogP contribution < -0.4 is 0 Å². The highest BCUT2D eigenvalue weighted by molar-refractivity contribution is 5.79. The SMILES string of the molecule is CCCCCCC(C)N1CC(O)CC1=O. The summed E-state index contributed by atoms with van der Waals surface area (Å²) < 4.78 is 0. The van der Waals surface area contributed by atoms with Crippen LogP contribution in [-0.2, 0) is 4.79 Å². The number of amides is 1. The van der Waals surface area contributed by atoms with Gasteiger partial charge >= 0.3 is 0 Å². The molecular weight excluding hydrogens is 190 g/mol. The molecule has 1 fully saturated rings. The fraction of sp³-hybridized carbons (Fsp3) is 0.917. The Morgan fingerprint density at radius 3 is 2.73 bits per heavy atom. The molecule has 1 aliphatic heterocycles. The molecule has 15 heavy (non-hydrogen) atoms. The van der Waals surface area contributed by atoms with Gasteiger partial charge in [0.2, 0.25) is 5.91 Å². The molecule has 1 saturated heterocycles. The van der Waals surface area contributed by atoms with E-state index in [0.29, 0.717) is 19.0 Å². The number of likely N-dealkylation sites (tertiary alicyclic amines) is 1. The zero-order valence-corrected chi connectivity index (χ0v) is 9.91. The van der Waals surface area contributed by atoms with Gasteiger partial charge in [0.25, 0.3) is 0 Å². The molecule has 1 aliphatic rings. The topological polar surface area (TPSA) is 40.5 Å². The van der Waals surface area contributed by atoms with Crippen molar-refractivity contribution >= 4 is 5.91 Å². The van der Waals surface area contributed by atoms with Crippen molar-refractivity contribution in [2.45, 2.75) is 64.5 Å². The minimum atomic E-state index is -0.435. The second-order valence-corrected chi connectivity index (χ2v) is 4.60. The molecule has 0 aliphatic carbocycles. The number of aliphatic hydroxyl groups excluding tert-OH is 1. The van der Waals surface area contributed by atoms with E-state index >= 15 is 0 Å². The third kappa shape index (κ3) is 3.82. The molecule has 0 bridgehead atoms. The summed E-state index contributed by atoms with van der Waals surface area (Å²) in [5, 5.41) is 9.37. The third-order valence-electron chi connectivity index (χ3n) is 3.15. The zero-order chi connectivity index (χ0) is 11.3. The fourth-order valence-corrected chi connectivity index (χ4v) is 2.16. The average Bonchev–Trinajstić information content (AvgIpc) is 2.52. The van der Waals surface area contributed by atoms with Crippen molar-refractivity contribution in [3.05, 3.63) is 0 Å². The maximum absolute atomic E-state index is 11.5. The van der Waals surface area contributed by atoms with E-state index in [9.17, 15) is 9.90 Å². The van der Waals surface area contributed by atoms with E-state index in [-0.39, 0.29) is 5.91 Å². The van der Waals surface area contributed by atoms with Gasteiger partial charge in [0.05, 0.1) is 12.5 Å². The minimum Gasteiger partial charge on any atom is -0.391 e. The molecule has 1 rings (SSSR count). The molecule has 3 nitrogen and oxygen atoms in total. The molecule has 3 heteroatoms. The van der Waals surface area contributed by atoms with Gasteiger partial charge in [-0.2, -0.15) is 0 Å². The summed E-state index contributed by atoms with van der Waals surface area (Å²) >= 11 is 0. The average molecular weight is 213 g/mol. The number of β-amino-alcohol motifs (C(OH)–C–C–N with tert-alkyl or cyclic N) is 1. The molecular formula is C12H23NO2. The van der Waals surface area contributed by atoms with Gasteiger partial charge in [-0.05, 0) is 13.3 Å². The van der Waals surface area contributed by atoms with Gasteiger partial charge < -0.3 is 10.0 Å². The summed E-state index contributed by atoms with van der Waals surface area (Å²) in [6.45, 7) is 4.82. The van der Waals surface area contributed by atoms with Crippen LogP contribution in [0.4, 0.5) is 0 Å². The van der Waals surface area contributed by atoms with Crippen LogP contribution in [-0.4, -0.2) is 34.6 Å². The van der Waals surface area contributed by atoms with Crippen molar-refractivity contribution in [3.63, 3.8) is 0 Å². The van der Waals surface area contributed by atoms with E-state index < -0.39 is 6.10 Å². The number of rotatable bonds is 6. The molecule has 0 radical (unpaired) electrons. The molecule has 0 saturated carbocycles. The zero-order valence-electron chi connectivity index (χ0n) is 9.91. The second-order valence-electron chi connectivity index (χ2n) is 4.60. The molecule has 1 N–H and O–H groups in total. The number of carbonyl (C=O) groups is 1. The van der Waals surface area contributed by atoms with Crippen LogP contribution in [0.1, 0.15) is 52.4 Å². The van der Waals surface area contributed by atoms with Crippen molar-refractivity contribution in [1.29, 1.82) is 0 Å². The van der Waals surface area contributed by atoms with Crippen molar-refractivity contribution < 1.29 is 9.90 Å². The highest BCUT2D eigenvalue weighted by atomic mass is 16.3. The van der Waals surface area contributed by atoms with Crippen LogP contribution in [0.25, 0.3) is 0 Å². The van der Waals surface area contributed by atoms with Gasteiger partial charge in [0, 0.05) is 12.6 Å². The van der Waals surface area contributed by atoms with Gasteiger partial charge in [-0.1, -0.05) is 32.6 Å². The molecule has 0 aromatic heterocycles. The Morgan fingerprint density at radius 1 is 1.47 bits per heavy atom. The smallest absolute Gasteiger partial charge is 0.225 e. The number of carbonyl (C=O) groups excluding carboxylic acids is 1. The Bertz CT molecular complexity index is 206. The van der Waals surface area contributed by atoms with Crippen LogP contribution in [0.5, 0.6) is 0 Å².